The number of carbonyl (C=O) groups is 2. The maximum absolute atomic E-state index is 13.8. The molecular formula is C25H25F4N7O3. The molecule has 2 aromatic heterocycles. The van der Waals surface area contributed by atoms with E-state index in [9.17, 15) is 27.2 Å². The minimum Gasteiger partial charge on any atom is -0.417 e. The highest BCUT2D eigenvalue weighted by atomic mass is 19.4. The van der Waals surface area contributed by atoms with E-state index in [1.807, 2.05) is 4.90 Å². The number of amides is 3. The second-order valence-electron chi connectivity index (χ2n) is 9.11. The zero-order valence-electron chi connectivity index (χ0n) is 20.7. The molecule has 0 saturated carbocycles. The molecule has 5 rings (SSSR count). The normalized spacial score (nSPS) is 15.9. The molecule has 4 heterocycles. The Morgan fingerprint density at radius 2 is 1.62 bits per heavy atom. The molecule has 3 amide bonds. The molecule has 0 spiro atoms. The van der Waals surface area contributed by atoms with E-state index in [1.165, 1.54) is 30.5 Å². The molecule has 3 aromatic rings. The fourth-order valence-corrected chi connectivity index (χ4v) is 4.43. The van der Waals surface area contributed by atoms with Gasteiger partial charge >= 0.3 is 12.2 Å². The Hall–Kier alpha value is -4.36. The Labute approximate surface area is 220 Å². The highest BCUT2D eigenvalue weighted by Gasteiger charge is 2.42. The summed E-state index contributed by atoms with van der Waals surface area (Å²) in [4.78, 5) is 38.1. The topological polar surface area (TPSA) is 107 Å². The van der Waals surface area contributed by atoms with Crippen molar-refractivity contribution < 1.29 is 31.6 Å². The average molecular weight is 548 g/mol. The minimum atomic E-state index is -4.86. The summed E-state index contributed by atoms with van der Waals surface area (Å²) in [5.41, 5.74) is -1.09. The number of carbonyl (C=O) groups excluding carboxylic acids is 2. The monoisotopic (exact) mass is 547 g/mol. The Morgan fingerprint density at radius 1 is 0.897 bits per heavy atom. The number of aromatic nitrogens is 2. The highest BCUT2D eigenvalue weighted by Crippen LogP contribution is 2.35. The van der Waals surface area contributed by atoms with Crippen LogP contribution < -0.4 is 20.4 Å². The van der Waals surface area contributed by atoms with Gasteiger partial charge in [0.05, 0.1) is 17.6 Å². The van der Waals surface area contributed by atoms with Gasteiger partial charge in [0.1, 0.15) is 11.6 Å². The van der Waals surface area contributed by atoms with Crippen LogP contribution >= 0.6 is 0 Å². The van der Waals surface area contributed by atoms with E-state index in [0.717, 1.165) is 12.8 Å². The van der Waals surface area contributed by atoms with Gasteiger partial charge in [-0.15, -0.1) is 0 Å². The smallest absolute Gasteiger partial charge is 0.417 e. The lowest BCUT2D eigenvalue weighted by atomic mass is 10.3. The lowest BCUT2D eigenvalue weighted by Gasteiger charge is -2.35. The standard InChI is InChI=1S/C25H25F4N7O3/c26-17-5-1-2-6-18(17)32-23(38)35-13-11-34(12-14-35)19-8-7-16(15-30-19)31-22(37)20-21(25(27,28)29)33-24(39-20)36-9-3-4-10-36/h1-2,5-8,15H,3-4,9-14H2,(H,31,37)(H,32,38). The summed E-state index contributed by atoms with van der Waals surface area (Å²) in [6, 6.07) is 8.40. The van der Waals surface area contributed by atoms with Gasteiger partial charge in [-0.2, -0.15) is 18.2 Å². The van der Waals surface area contributed by atoms with Crippen molar-refractivity contribution in [2.24, 2.45) is 0 Å². The van der Waals surface area contributed by atoms with Crippen molar-refractivity contribution >= 4 is 35.1 Å². The molecule has 0 radical (unpaired) electrons. The van der Waals surface area contributed by atoms with Gasteiger partial charge < -0.3 is 29.8 Å². The van der Waals surface area contributed by atoms with E-state index < -0.39 is 35.4 Å². The van der Waals surface area contributed by atoms with Crippen LogP contribution in [-0.2, 0) is 6.18 Å². The van der Waals surface area contributed by atoms with Crippen LogP contribution in [0.2, 0.25) is 0 Å². The molecule has 206 valence electrons. The van der Waals surface area contributed by atoms with Gasteiger partial charge in [-0.3, -0.25) is 4.79 Å². The number of nitrogens with one attached hydrogen (secondary N) is 2. The van der Waals surface area contributed by atoms with E-state index in [-0.39, 0.29) is 17.4 Å². The third-order valence-electron chi connectivity index (χ3n) is 6.48. The van der Waals surface area contributed by atoms with E-state index in [1.54, 1.807) is 21.9 Å². The van der Waals surface area contributed by atoms with Crippen LogP contribution in [0.3, 0.4) is 0 Å². The van der Waals surface area contributed by atoms with Crippen molar-refractivity contribution in [1.29, 1.82) is 0 Å². The second kappa shape index (κ2) is 10.8. The third-order valence-corrected chi connectivity index (χ3v) is 6.48. The van der Waals surface area contributed by atoms with Crippen LogP contribution in [0.5, 0.6) is 0 Å². The summed E-state index contributed by atoms with van der Waals surface area (Å²) in [5, 5.41) is 4.95. The summed E-state index contributed by atoms with van der Waals surface area (Å²) in [7, 11) is 0. The molecule has 2 saturated heterocycles. The van der Waals surface area contributed by atoms with E-state index in [2.05, 4.69) is 20.6 Å². The molecule has 0 unspecified atom stereocenters. The summed E-state index contributed by atoms with van der Waals surface area (Å²) in [6.45, 7) is 2.66. The SMILES string of the molecule is O=C(Nc1ccc(N2CCN(C(=O)Nc3ccccc3F)CC2)nc1)c1oc(N2CCCC2)nc1C(F)(F)F. The van der Waals surface area contributed by atoms with Crippen LogP contribution in [0.1, 0.15) is 29.1 Å². The summed E-state index contributed by atoms with van der Waals surface area (Å²) < 4.78 is 59.6. The number of pyridine rings is 1. The first-order chi connectivity index (χ1) is 18.7. The Bertz CT molecular complexity index is 1330. The zero-order chi connectivity index (χ0) is 27.6. The van der Waals surface area contributed by atoms with Crippen molar-refractivity contribution in [3.63, 3.8) is 0 Å². The molecule has 2 aliphatic heterocycles. The molecule has 1 aromatic carbocycles. The number of rotatable bonds is 5. The van der Waals surface area contributed by atoms with Crippen LogP contribution in [-0.4, -0.2) is 66.1 Å². The number of benzene rings is 1. The molecule has 0 aliphatic carbocycles. The van der Waals surface area contributed by atoms with Gasteiger partial charge in [-0.05, 0) is 37.1 Å². The molecule has 39 heavy (non-hydrogen) atoms. The number of nitrogens with zero attached hydrogens (tertiary/aromatic N) is 5. The van der Waals surface area contributed by atoms with Gasteiger partial charge in [0, 0.05) is 39.3 Å². The number of anilines is 4. The number of halogens is 4. The molecule has 2 N–H and O–H groups in total. The first kappa shape index (κ1) is 26.3. The van der Waals surface area contributed by atoms with Crippen LogP contribution in [0.25, 0.3) is 0 Å². The fraction of sp³-hybridized carbons (Fsp3) is 0.360. The first-order valence-electron chi connectivity index (χ1n) is 12.3. The number of piperazine rings is 1. The molecule has 10 nitrogen and oxygen atoms in total. The Kier molecular flexibility index (Phi) is 7.26. The Balaban J connectivity index is 1.19. The number of oxazole rings is 1. The van der Waals surface area contributed by atoms with Crippen molar-refractivity contribution in [2.45, 2.75) is 19.0 Å². The van der Waals surface area contributed by atoms with E-state index >= 15 is 0 Å². The first-order valence-corrected chi connectivity index (χ1v) is 12.3. The molecule has 0 atom stereocenters. The summed E-state index contributed by atoms with van der Waals surface area (Å²) in [5.74, 6) is -1.94. The van der Waals surface area contributed by atoms with Gasteiger partial charge in [0.15, 0.2) is 5.69 Å². The zero-order valence-corrected chi connectivity index (χ0v) is 20.7. The number of alkyl halides is 3. The van der Waals surface area contributed by atoms with Gasteiger partial charge in [0.25, 0.3) is 11.9 Å². The number of urea groups is 1. The predicted octanol–water partition coefficient (Wildman–Crippen LogP) is 4.43. The molecule has 14 heteroatoms. The Morgan fingerprint density at radius 3 is 2.26 bits per heavy atom. The van der Waals surface area contributed by atoms with Crippen LogP contribution in [0.15, 0.2) is 47.0 Å². The van der Waals surface area contributed by atoms with Crippen molar-refractivity contribution in [3.05, 3.63) is 59.9 Å². The van der Waals surface area contributed by atoms with Crippen LogP contribution in [0, 0.1) is 5.82 Å². The van der Waals surface area contributed by atoms with E-state index in [0.29, 0.717) is 45.1 Å². The second-order valence-corrected chi connectivity index (χ2v) is 9.11. The molecule has 2 aliphatic rings. The van der Waals surface area contributed by atoms with Gasteiger partial charge in [-0.1, -0.05) is 12.1 Å². The maximum Gasteiger partial charge on any atom is 0.437 e. The molecular weight excluding hydrogens is 522 g/mol. The van der Waals surface area contributed by atoms with Crippen LogP contribution in [0.4, 0.5) is 45.6 Å². The quantitative estimate of drug-likeness (QED) is 0.455. The fourth-order valence-electron chi connectivity index (χ4n) is 4.43. The van der Waals surface area contributed by atoms with E-state index in [4.69, 9.17) is 4.42 Å². The van der Waals surface area contributed by atoms with Gasteiger partial charge in [0.2, 0.25) is 5.76 Å². The van der Waals surface area contributed by atoms with Crippen molar-refractivity contribution in [2.75, 3.05) is 59.7 Å². The van der Waals surface area contributed by atoms with Crippen molar-refractivity contribution in [1.82, 2.24) is 14.9 Å². The largest absolute Gasteiger partial charge is 0.437 e. The summed E-state index contributed by atoms with van der Waals surface area (Å²) in [6.07, 6.45) is -1.92. The molecule has 2 fully saturated rings. The average Bonchev–Trinajstić information content (AvgIpc) is 3.61. The third kappa shape index (κ3) is 5.89. The summed E-state index contributed by atoms with van der Waals surface area (Å²) >= 11 is 0. The maximum atomic E-state index is 13.8. The number of hydrogen-bond donors (Lipinski definition) is 2. The highest BCUT2D eigenvalue weighted by molar-refractivity contribution is 6.03. The predicted molar refractivity (Wildman–Crippen MR) is 134 cm³/mol. The van der Waals surface area contributed by atoms with Gasteiger partial charge in [-0.25, -0.2) is 14.2 Å². The number of hydrogen-bond acceptors (Lipinski definition) is 7. The number of para-hydroxylation sites is 1. The lowest BCUT2D eigenvalue weighted by molar-refractivity contribution is -0.141. The molecule has 0 bridgehead atoms. The minimum absolute atomic E-state index is 0.101. The lowest BCUT2D eigenvalue weighted by Crippen LogP contribution is -2.50. The van der Waals surface area contributed by atoms with Crippen molar-refractivity contribution in [3.8, 4) is 0 Å².